The number of hydrogen-bond donors (Lipinski definition) is 1. The molecule has 2 heterocycles. The summed E-state index contributed by atoms with van der Waals surface area (Å²) in [6.45, 7) is 1.98. The largest absolute Gasteiger partial charge is 0.369 e. The lowest BCUT2D eigenvalue weighted by atomic mass is 10.1. The molecule has 0 spiro atoms. The Hall–Kier alpha value is -2.44. The number of hydrogen-bond acceptors (Lipinski definition) is 4. The summed E-state index contributed by atoms with van der Waals surface area (Å²) < 4.78 is 1.66. The second-order valence-corrected chi connectivity index (χ2v) is 8.19. The van der Waals surface area contributed by atoms with E-state index in [1.807, 2.05) is 66.4 Å². The minimum Gasteiger partial charge on any atom is -0.369 e. The van der Waals surface area contributed by atoms with Gasteiger partial charge in [0.1, 0.15) is 0 Å². The number of halogens is 1. The summed E-state index contributed by atoms with van der Waals surface area (Å²) in [7, 11) is 0. The van der Waals surface area contributed by atoms with Crippen LogP contribution >= 0.6 is 23.4 Å². The van der Waals surface area contributed by atoms with Crippen molar-refractivity contribution in [1.29, 1.82) is 0 Å². The number of amides is 1. The molecule has 28 heavy (non-hydrogen) atoms. The predicted molar refractivity (Wildman–Crippen MR) is 116 cm³/mol. The minimum atomic E-state index is -0.547. The van der Waals surface area contributed by atoms with Crippen LogP contribution in [0.1, 0.15) is 11.6 Å². The molecule has 1 N–H and O–H groups in total. The number of benzene rings is 2. The highest BCUT2D eigenvalue weighted by molar-refractivity contribution is 7.99. The zero-order chi connectivity index (χ0) is 19.3. The number of nitrogens with one attached hydrogen (secondary N) is 1. The Kier molecular flexibility index (Phi) is 5.88. The molecular formula is C21H21ClN4OS. The maximum atomic E-state index is 13.1. The molecule has 1 unspecified atom stereocenters. The Morgan fingerprint density at radius 1 is 1.11 bits per heavy atom. The van der Waals surface area contributed by atoms with E-state index in [9.17, 15) is 4.79 Å². The molecule has 3 aromatic rings. The Morgan fingerprint density at radius 2 is 1.89 bits per heavy atom. The van der Waals surface area contributed by atoms with E-state index >= 15 is 0 Å². The predicted octanol–water partition coefficient (Wildman–Crippen LogP) is 4.32. The fraction of sp³-hybridized carbons (Fsp3) is 0.238. The molecule has 1 aliphatic rings. The van der Waals surface area contributed by atoms with Gasteiger partial charge in [0.15, 0.2) is 6.04 Å². The van der Waals surface area contributed by atoms with Crippen LogP contribution in [-0.4, -0.2) is 40.3 Å². The highest BCUT2D eigenvalue weighted by Gasteiger charge is 2.23. The highest BCUT2D eigenvalue weighted by atomic mass is 35.5. The zero-order valence-corrected chi connectivity index (χ0v) is 16.9. The lowest BCUT2D eigenvalue weighted by molar-refractivity contribution is -0.118. The van der Waals surface area contributed by atoms with Gasteiger partial charge in [-0.05, 0) is 29.8 Å². The average Bonchev–Trinajstić information content (AvgIpc) is 3.24. The van der Waals surface area contributed by atoms with Crippen molar-refractivity contribution in [2.45, 2.75) is 6.04 Å². The molecule has 5 nitrogen and oxygen atoms in total. The van der Waals surface area contributed by atoms with Crippen LogP contribution in [0.15, 0.2) is 67.0 Å². The first kappa shape index (κ1) is 18.9. The standard InChI is InChI=1S/C21H21ClN4OS/c22-18-15-17(7-8-19(18)25-11-13-28-14-12-25)24-21(27)20(26-10-4-9-23-26)16-5-2-1-3-6-16/h1-10,15,20H,11-14H2,(H,24,27). The van der Waals surface area contributed by atoms with Crippen molar-refractivity contribution < 1.29 is 4.79 Å². The molecular weight excluding hydrogens is 392 g/mol. The second kappa shape index (κ2) is 8.71. The van der Waals surface area contributed by atoms with Crippen molar-refractivity contribution in [2.75, 3.05) is 34.8 Å². The summed E-state index contributed by atoms with van der Waals surface area (Å²) in [6, 6.07) is 16.6. The van der Waals surface area contributed by atoms with Crippen molar-refractivity contribution in [3.05, 3.63) is 77.6 Å². The van der Waals surface area contributed by atoms with Crippen LogP contribution in [0.25, 0.3) is 0 Å². The second-order valence-electron chi connectivity index (χ2n) is 6.55. The average molecular weight is 413 g/mol. The number of rotatable bonds is 5. The normalized spacial score (nSPS) is 15.2. The molecule has 0 aliphatic carbocycles. The van der Waals surface area contributed by atoms with Crippen molar-refractivity contribution in [3.8, 4) is 0 Å². The first-order valence-electron chi connectivity index (χ1n) is 9.19. The number of nitrogens with zero attached hydrogens (tertiary/aromatic N) is 3. The van der Waals surface area contributed by atoms with Gasteiger partial charge in [-0.25, -0.2) is 0 Å². The van der Waals surface area contributed by atoms with E-state index in [4.69, 9.17) is 11.6 Å². The maximum absolute atomic E-state index is 13.1. The molecule has 1 aliphatic heterocycles. The van der Waals surface area contributed by atoms with Crippen LogP contribution in [0.5, 0.6) is 0 Å². The smallest absolute Gasteiger partial charge is 0.253 e. The third kappa shape index (κ3) is 4.18. The van der Waals surface area contributed by atoms with Gasteiger partial charge in [-0.1, -0.05) is 41.9 Å². The Morgan fingerprint density at radius 3 is 2.57 bits per heavy atom. The first-order chi connectivity index (χ1) is 13.7. The number of carbonyl (C=O) groups excluding carboxylic acids is 1. The molecule has 0 radical (unpaired) electrons. The third-order valence-corrected chi connectivity index (χ3v) is 5.97. The van der Waals surface area contributed by atoms with E-state index in [1.165, 1.54) is 0 Å². The van der Waals surface area contributed by atoms with E-state index in [-0.39, 0.29) is 5.91 Å². The fourth-order valence-corrected chi connectivity index (χ4v) is 4.55. The number of aromatic nitrogens is 2. The summed E-state index contributed by atoms with van der Waals surface area (Å²) in [5.74, 6) is 2.06. The molecule has 1 aromatic heterocycles. The molecule has 4 rings (SSSR count). The van der Waals surface area contributed by atoms with Crippen molar-refractivity contribution in [2.24, 2.45) is 0 Å². The first-order valence-corrected chi connectivity index (χ1v) is 10.7. The van der Waals surface area contributed by atoms with E-state index in [2.05, 4.69) is 15.3 Å². The van der Waals surface area contributed by atoms with Crippen molar-refractivity contribution >= 4 is 40.6 Å². The van der Waals surface area contributed by atoms with Crippen LogP contribution in [0.4, 0.5) is 11.4 Å². The number of thioether (sulfide) groups is 1. The maximum Gasteiger partial charge on any atom is 0.253 e. The quantitative estimate of drug-likeness (QED) is 0.678. The summed E-state index contributed by atoms with van der Waals surface area (Å²) >= 11 is 8.49. The van der Waals surface area contributed by atoms with Crippen LogP contribution in [0.2, 0.25) is 5.02 Å². The van der Waals surface area contributed by atoms with Crippen LogP contribution in [-0.2, 0) is 4.79 Å². The summed E-state index contributed by atoms with van der Waals surface area (Å²) in [4.78, 5) is 15.4. The van der Waals surface area contributed by atoms with E-state index in [0.717, 1.165) is 35.8 Å². The number of anilines is 2. The molecule has 1 amide bonds. The van der Waals surface area contributed by atoms with Crippen molar-refractivity contribution in [3.63, 3.8) is 0 Å². The van der Waals surface area contributed by atoms with Crippen LogP contribution in [0, 0.1) is 0 Å². The van der Waals surface area contributed by atoms with Crippen LogP contribution < -0.4 is 10.2 Å². The molecule has 7 heteroatoms. The molecule has 1 atom stereocenters. The molecule has 144 valence electrons. The Bertz CT molecular complexity index is 927. The Balaban J connectivity index is 1.55. The van der Waals surface area contributed by atoms with Crippen LogP contribution in [0.3, 0.4) is 0 Å². The van der Waals surface area contributed by atoms with Gasteiger partial charge in [0.25, 0.3) is 5.91 Å². The molecule has 2 aromatic carbocycles. The molecule has 0 saturated carbocycles. The summed E-state index contributed by atoms with van der Waals surface area (Å²) in [6.07, 6.45) is 3.47. The van der Waals surface area contributed by atoms with E-state index in [0.29, 0.717) is 10.7 Å². The third-order valence-electron chi connectivity index (χ3n) is 4.72. The van der Waals surface area contributed by atoms with E-state index < -0.39 is 6.04 Å². The minimum absolute atomic E-state index is 0.159. The van der Waals surface area contributed by atoms with Gasteiger partial charge in [0, 0.05) is 42.7 Å². The van der Waals surface area contributed by atoms with Gasteiger partial charge in [0.05, 0.1) is 10.7 Å². The monoisotopic (exact) mass is 412 g/mol. The summed E-state index contributed by atoms with van der Waals surface area (Å²) in [5, 5.41) is 7.92. The van der Waals surface area contributed by atoms with Gasteiger partial charge in [0.2, 0.25) is 0 Å². The fourth-order valence-electron chi connectivity index (χ4n) is 3.35. The van der Waals surface area contributed by atoms with Gasteiger partial charge in [-0.15, -0.1) is 0 Å². The zero-order valence-electron chi connectivity index (χ0n) is 15.3. The SMILES string of the molecule is O=C(Nc1ccc(N2CCSCC2)c(Cl)c1)C(c1ccccc1)n1cccn1. The van der Waals surface area contributed by atoms with E-state index in [1.54, 1.807) is 17.1 Å². The van der Waals surface area contributed by atoms with Gasteiger partial charge < -0.3 is 10.2 Å². The lowest BCUT2D eigenvalue weighted by Gasteiger charge is -2.29. The van der Waals surface area contributed by atoms with Gasteiger partial charge in [-0.3, -0.25) is 9.48 Å². The van der Waals surface area contributed by atoms with Crippen molar-refractivity contribution in [1.82, 2.24) is 9.78 Å². The molecule has 1 fully saturated rings. The van der Waals surface area contributed by atoms with Gasteiger partial charge >= 0.3 is 0 Å². The summed E-state index contributed by atoms with van der Waals surface area (Å²) in [5.41, 5.74) is 2.57. The Labute approximate surface area is 173 Å². The lowest BCUT2D eigenvalue weighted by Crippen LogP contribution is -2.32. The molecule has 1 saturated heterocycles. The molecule has 0 bridgehead atoms. The highest BCUT2D eigenvalue weighted by Crippen LogP contribution is 2.31. The van der Waals surface area contributed by atoms with Gasteiger partial charge in [-0.2, -0.15) is 16.9 Å². The topological polar surface area (TPSA) is 50.2 Å². The number of carbonyl (C=O) groups is 1.